The Morgan fingerprint density at radius 1 is 0.903 bits per heavy atom. The van der Waals surface area contributed by atoms with E-state index in [9.17, 15) is 39.9 Å². The Kier molecular flexibility index (Phi) is 17.4. The van der Waals surface area contributed by atoms with Crippen molar-refractivity contribution >= 4 is 40.3 Å². The number of rotatable bonds is 12. The van der Waals surface area contributed by atoms with Crippen molar-refractivity contribution in [3.05, 3.63) is 52.8 Å². The van der Waals surface area contributed by atoms with E-state index in [1.807, 2.05) is 0 Å². The Balaban J connectivity index is 1.87. The van der Waals surface area contributed by atoms with Crippen LogP contribution in [0, 0.1) is 30.6 Å². The van der Waals surface area contributed by atoms with Gasteiger partial charge in [-0.2, -0.15) is 0 Å². The first-order chi connectivity index (χ1) is 29.3. The highest BCUT2D eigenvalue weighted by molar-refractivity contribution is 6.23. The lowest BCUT2D eigenvalue weighted by atomic mass is 9.78. The SMILES string of the molecule is CCCCCCCCCON=Cc1c2c(O)c3c(O)c(C)c4c(c3c1O)C(=O)[C@@](C)(OC=C[C@H](OC)[C@H](C)[C@H](OC(C)=O)[C@H](C)[C@H](O)[C@H](C)[C@@H](O)[C@H](C)C=CC=C(C)C(=O)N2)O4. The molecule has 9 atom stereocenters. The molecule has 0 fully saturated rings. The lowest BCUT2D eigenvalue weighted by Crippen LogP contribution is -2.46. The maximum atomic E-state index is 14.4. The second-order valence-electron chi connectivity index (χ2n) is 16.8. The molecule has 5 rings (SSSR count). The number of aliphatic hydroxyl groups is 2. The number of carbonyl (C=O) groups is 3. The number of benzene rings is 2. The quantitative estimate of drug-likeness (QED) is 0.0299. The van der Waals surface area contributed by atoms with Gasteiger partial charge in [-0.05, 0) is 32.8 Å². The minimum atomic E-state index is -2.06. The average Bonchev–Trinajstić information content (AvgIpc) is 3.50. The Hall–Kier alpha value is -5.12. The monoisotopic (exact) mass is 866 g/mol. The lowest BCUT2D eigenvalue weighted by Gasteiger charge is -2.38. The number of aliphatic hydroxyl groups excluding tert-OH is 2. The number of ketones is 1. The molecular weight excluding hydrogens is 801 g/mol. The number of anilines is 1. The zero-order valence-corrected chi connectivity index (χ0v) is 37.7. The van der Waals surface area contributed by atoms with Gasteiger partial charge >= 0.3 is 11.8 Å². The Bertz CT molecular complexity index is 2060. The van der Waals surface area contributed by atoms with Crippen molar-refractivity contribution in [2.75, 3.05) is 19.0 Å². The van der Waals surface area contributed by atoms with Crippen LogP contribution in [0.5, 0.6) is 23.0 Å². The molecule has 0 unspecified atom stereocenters. The van der Waals surface area contributed by atoms with Gasteiger partial charge in [-0.3, -0.25) is 14.4 Å². The maximum Gasteiger partial charge on any atom is 0.312 e. The summed E-state index contributed by atoms with van der Waals surface area (Å²) < 4.78 is 23.6. The Morgan fingerprint density at radius 2 is 1.56 bits per heavy atom. The molecular formula is C47H66N2O13. The fourth-order valence-electron chi connectivity index (χ4n) is 8.14. The third kappa shape index (κ3) is 10.9. The van der Waals surface area contributed by atoms with Gasteiger partial charge in [0.05, 0.1) is 53.0 Å². The molecule has 0 aromatic heterocycles. The standard InChI is InChI=1S/C47H66N2O13/c1-11-12-13-14-15-16-17-22-60-48-24-32-37-42(55)35-34(41(32)54)36-44(30(7)40(35)53)62-47(9,45(36)56)59-23-21-33(58-10)27(4)43(61-31(8)50)29(6)39(52)28(5)38(51)25(2)19-18-20-26(3)46(57)49-37/h18-21,23-25,27-29,33,38-39,43,51-55H,11-17,22H2,1-10H3,(H,49,57)/t25-,27+,28-,29-,33+,38+,39-,43+,47+/m1/s1. The van der Waals surface area contributed by atoms with Crippen LogP contribution in [-0.4, -0.2) is 93.3 Å². The molecule has 5 bridgehead atoms. The lowest BCUT2D eigenvalue weighted by molar-refractivity contribution is -0.160. The number of hydrogen-bond acceptors (Lipinski definition) is 14. The fraction of sp³-hybridized carbons (Fsp3) is 0.574. The highest BCUT2D eigenvalue weighted by Gasteiger charge is 2.50. The van der Waals surface area contributed by atoms with E-state index in [1.54, 1.807) is 39.8 Å². The van der Waals surface area contributed by atoms with Crippen LogP contribution in [0.2, 0.25) is 0 Å². The van der Waals surface area contributed by atoms with Gasteiger partial charge in [0.25, 0.3) is 11.7 Å². The minimum Gasteiger partial charge on any atom is -0.507 e. The molecule has 0 radical (unpaired) electrons. The normalized spacial score (nSPS) is 27.3. The van der Waals surface area contributed by atoms with Crippen molar-refractivity contribution in [3.63, 3.8) is 0 Å². The van der Waals surface area contributed by atoms with E-state index in [4.69, 9.17) is 23.8 Å². The van der Waals surface area contributed by atoms with Gasteiger partial charge in [-0.1, -0.05) is 90.1 Å². The highest BCUT2D eigenvalue weighted by Crippen LogP contribution is 2.55. The average molecular weight is 867 g/mol. The van der Waals surface area contributed by atoms with Gasteiger partial charge < -0.3 is 54.6 Å². The molecule has 3 aliphatic heterocycles. The third-order valence-corrected chi connectivity index (χ3v) is 12.1. The highest BCUT2D eigenvalue weighted by atomic mass is 16.7. The first-order valence-corrected chi connectivity index (χ1v) is 21.6. The smallest absolute Gasteiger partial charge is 0.312 e. The first-order valence-electron chi connectivity index (χ1n) is 21.6. The number of esters is 1. The molecule has 1 amide bonds. The molecule has 342 valence electrons. The topological polar surface area (TPSA) is 223 Å². The molecule has 0 saturated heterocycles. The number of ether oxygens (including phenoxy) is 4. The van der Waals surface area contributed by atoms with Gasteiger partial charge in [0.15, 0.2) is 5.75 Å². The number of Topliss-reactive ketones (excluding diaryl/α,β-unsaturated/α-hetero) is 1. The summed E-state index contributed by atoms with van der Waals surface area (Å²) in [6.07, 6.45) is 12.0. The number of methoxy groups -OCH3 is 1. The van der Waals surface area contributed by atoms with Gasteiger partial charge in [0.1, 0.15) is 30.0 Å². The summed E-state index contributed by atoms with van der Waals surface area (Å²) in [6.45, 7) is 14.9. The number of hydrogen-bond donors (Lipinski definition) is 6. The number of amides is 1. The minimum absolute atomic E-state index is 0.0426. The van der Waals surface area contributed by atoms with E-state index in [1.165, 1.54) is 66.1 Å². The van der Waals surface area contributed by atoms with E-state index in [-0.39, 0.29) is 51.1 Å². The number of nitrogens with one attached hydrogen (secondary N) is 1. The summed E-state index contributed by atoms with van der Waals surface area (Å²) in [7, 11) is 1.43. The molecule has 2 aromatic carbocycles. The summed E-state index contributed by atoms with van der Waals surface area (Å²) >= 11 is 0. The molecule has 3 heterocycles. The number of unbranched alkanes of at least 4 members (excludes halogenated alkanes) is 6. The fourth-order valence-corrected chi connectivity index (χ4v) is 8.14. The van der Waals surface area contributed by atoms with Crippen LogP contribution < -0.4 is 10.1 Å². The van der Waals surface area contributed by atoms with Crippen molar-refractivity contribution < 1.29 is 63.7 Å². The molecule has 15 nitrogen and oxygen atoms in total. The van der Waals surface area contributed by atoms with Crippen LogP contribution in [0.3, 0.4) is 0 Å². The first kappa shape index (κ1) is 49.5. The number of allylic oxidation sites excluding steroid dienone is 2. The van der Waals surface area contributed by atoms with Crippen LogP contribution in [0.4, 0.5) is 5.69 Å². The zero-order chi connectivity index (χ0) is 46.1. The molecule has 62 heavy (non-hydrogen) atoms. The number of phenolic OH excluding ortho intramolecular Hbond substituents is 3. The van der Waals surface area contributed by atoms with Crippen molar-refractivity contribution in [1.29, 1.82) is 0 Å². The van der Waals surface area contributed by atoms with E-state index in [2.05, 4.69) is 17.4 Å². The Labute approximate surface area is 364 Å². The number of aromatic hydroxyl groups is 3. The van der Waals surface area contributed by atoms with Crippen LogP contribution in [0.15, 0.2) is 41.3 Å². The molecule has 2 aromatic rings. The van der Waals surface area contributed by atoms with Gasteiger partial charge in [0.2, 0.25) is 0 Å². The Morgan fingerprint density at radius 3 is 2.21 bits per heavy atom. The molecule has 0 aliphatic carbocycles. The van der Waals surface area contributed by atoms with Crippen molar-refractivity contribution in [2.24, 2.45) is 28.8 Å². The van der Waals surface area contributed by atoms with Gasteiger partial charge in [-0.15, -0.1) is 0 Å². The molecule has 6 N–H and O–H groups in total. The molecule has 3 aliphatic rings. The predicted octanol–water partition coefficient (Wildman–Crippen LogP) is 7.86. The number of fused-ring (bicyclic) bond motifs is 14. The van der Waals surface area contributed by atoms with Gasteiger partial charge in [0, 0.05) is 61.2 Å². The molecule has 0 spiro atoms. The number of carbonyl (C=O) groups excluding carboxylic acids is 3. The van der Waals surface area contributed by atoms with Gasteiger partial charge in [-0.25, -0.2) is 0 Å². The summed E-state index contributed by atoms with van der Waals surface area (Å²) in [5.74, 6) is -8.54. The van der Waals surface area contributed by atoms with Crippen LogP contribution in [-0.2, 0) is 28.6 Å². The maximum absolute atomic E-state index is 14.4. The predicted molar refractivity (Wildman–Crippen MR) is 235 cm³/mol. The summed E-state index contributed by atoms with van der Waals surface area (Å²) in [4.78, 5) is 46.0. The number of oxime groups is 1. The van der Waals surface area contributed by atoms with E-state index < -0.39 is 88.8 Å². The van der Waals surface area contributed by atoms with E-state index in [0.717, 1.165) is 38.3 Å². The van der Waals surface area contributed by atoms with E-state index >= 15 is 0 Å². The second-order valence-corrected chi connectivity index (χ2v) is 16.8. The van der Waals surface area contributed by atoms with Crippen molar-refractivity contribution in [1.82, 2.24) is 0 Å². The summed E-state index contributed by atoms with van der Waals surface area (Å²) in [5.41, 5.74) is -0.538. The molecule has 0 saturated carbocycles. The zero-order valence-electron chi connectivity index (χ0n) is 37.7. The van der Waals surface area contributed by atoms with E-state index in [0.29, 0.717) is 0 Å². The third-order valence-electron chi connectivity index (χ3n) is 12.1. The van der Waals surface area contributed by atoms with Crippen molar-refractivity contribution in [3.8, 4) is 23.0 Å². The van der Waals surface area contributed by atoms with Crippen molar-refractivity contribution in [2.45, 2.75) is 137 Å². The van der Waals surface area contributed by atoms with Crippen LogP contribution in [0.25, 0.3) is 10.8 Å². The number of nitrogens with zero attached hydrogens (tertiary/aromatic N) is 1. The summed E-state index contributed by atoms with van der Waals surface area (Å²) in [5, 5.41) is 64.4. The van der Waals surface area contributed by atoms with Crippen LogP contribution in [0.1, 0.15) is 122 Å². The summed E-state index contributed by atoms with van der Waals surface area (Å²) in [6, 6.07) is 0. The largest absolute Gasteiger partial charge is 0.507 e. The molecule has 15 heteroatoms. The second kappa shape index (κ2) is 21.8. The number of phenols is 3. The van der Waals surface area contributed by atoms with Crippen LogP contribution >= 0.6 is 0 Å².